The second-order valence-electron chi connectivity index (χ2n) is 8.99. The first kappa shape index (κ1) is 20.5. The van der Waals surface area contributed by atoms with Gasteiger partial charge in [0.15, 0.2) is 0 Å². The van der Waals surface area contributed by atoms with E-state index in [1.807, 2.05) is 6.08 Å². The molecule has 0 bridgehead atoms. The van der Waals surface area contributed by atoms with E-state index in [9.17, 15) is 8.42 Å². The van der Waals surface area contributed by atoms with Crippen LogP contribution in [-0.4, -0.2) is 60.9 Å². The van der Waals surface area contributed by atoms with E-state index in [2.05, 4.69) is 24.1 Å². The third-order valence-corrected chi connectivity index (χ3v) is 9.80. The smallest absolute Gasteiger partial charge is 0.240 e. The van der Waals surface area contributed by atoms with Crippen molar-refractivity contribution in [1.29, 1.82) is 0 Å². The number of hydrogen-bond acceptors (Lipinski definition) is 5. The minimum Gasteiger partial charge on any atom is -0.345 e. The molecule has 30 heavy (non-hydrogen) atoms. The van der Waals surface area contributed by atoms with Crippen LogP contribution in [0.1, 0.15) is 32.1 Å². The lowest BCUT2D eigenvalue weighted by Gasteiger charge is -2.48. The number of piperidine rings is 1. The van der Waals surface area contributed by atoms with Gasteiger partial charge in [-0.05, 0) is 56.1 Å². The highest BCUT2D eigenvalue weighted by molar-refractivity contribution is 7.93. The molecular formula is C22H29ClN4O2S. The molecule has 3 atom stereocenters. The molecule has 0 aromatic carbocycles. The van der Waals surface area contributed by atoms with E-state index in [1.54, 1.807) is 16.5 Å². The Hall–Kier alpha value is -1.41. The molecule has 0 amide bonds. The van der Waals surface area contributed by atoms with Crippen LogP contribution in [0.15, 0.2) is 51.7 Å². The molecule has 0 aromatic rings. The van der Waals surface area contributed by atoms with E-state index in [-0.39, 0.29) is 0 Å². The number of halogens is 1. The third-order valence-electron chi connectivity index (χ3n) is 7.20. The number of nitrogens with two attached hydrogens (primary N) is 1. The second-order valence-corrected chi connectivity index (χ2v) is 11.5. The molecule has 1 saturated heterocycles. The van der Waals surface area contributed by atoms with Gasteiger partial charge in [-0.2, -0.15) is 4.31 Å². The van der Waals surface area contributed by atoms with Crippen LogP contribution in [0, 0.1) is 11.8 Å². The number of aliphatic imine (C=N–C) groups is 1. The number of rotatable bonds is 3. The van der Waals surface area contributed by atoms with E-state index in [4.69, 9.17) is 22.3 Å². The number of sulfonamides is 1. The first-order valence-corrected chi connectivity index (χ1v) is 12.7. The average Bonchev–Trinajstić information content (AvgIpc) is 3.49. The molecule has 8 heteroatoms. The molecule has 162 valence electrons. The first-order valence-electron chi connectivity index (χ1n) is 10.8. The number of likely N-dealkylation sites (N-methyl/N-ethyl adjacent to an activating group) is 1. The van der Waals surface area contributed by atoms with Crippen LogP contribution in [0.25, 0.3) is 0 Å². The Morgan fingerprint density at radius 2 is 2.13 bits per heavy atom. The molecule has 5 rings (SSSR count). The Morgan fingerprint density at radius 3 is 2.83 bits per heavy atom. The molecule has 2 heterocycles. The molecular weight excluding hydrogens is 420 g/mol. The van der Waals surface area contributed by atoms with Gasteiger partial charge in [0.1, 0.15) is 5.54 Å². The lowest BCUT2D eigenvalue weighted by molar-refractivity contribution is 0.231. The Bertz CT molecular complexity index is 1000. The van der Waals surface area contributed by atoms with Gasteiger partial charge in [-0.3, -0.25) is 4.99 Å². The summed E-state index contributed by atoms with van der Waals surface area (Å²) in [6.07, 6.45) is 13.9. The maximum Gasteiger partial charge on any atom is 0.240 e. The van der Waals surface area contributed by atoms with Crippen LogP contribution in [0.5, 0.6) is 0 Å². The van der Waals surface area contributed by atoms with Crippen LogP contribution in [0.4, 0.5) is 0 Å². The zero-order valence-electron chi connectivity index (χ0n) is 17.3. The predicted molar refractivity (Wildman–Crippen MR) is 121 cm³/mol. The van der Waals surface area contributed by atoms with E-state index in [1.165, 1.54) is 17.8 Å². The average molecular weight is 449 g/mol. The molecule has 1 saturated carbocycles. The molecule has 3 unspecified atom stereocenters. The lowest BCUT2D eigenvalue weighted by Crippen LogP contribution is -2.53. The van der Waals surface area contributed by atoms with Crippen molar-refractivity contribution < 1.29 is 8.42 Å². The Morgan fingerprint density at radius 1 is 1.37 bits per heavy atom. The van der Waals surface area contributed by atoms with E-state index in [0.29, 0.717) is 49.7 Å². The highest BCUT2D eigenvalue weighted by Gasteiger charge is 2.49. The maximum absolute atomic E-state index is 13.2. The second kappa shape index (κ2) is 7.33. The third kappa shape index (κ3) is 3.22. The highest BCUT2D eigenvalue weighted by atomic mass is 35.5. The number of alkyl halides is 1. The summed E-state index contributed by atoms with van der Waals surface area (Å²) < 4.78 is 28.0. The molecule has 6 nitrogen and oxygen atoms in total. The van der Waals surface area contributed by atoms with Crippen molar-refractivity contribution >= 4 is 27.3 Å². The Labute approximate surface area is 183 Å². The zero-order chi connectivity index (χ0) is 21.1. The fourth-order valence-corrected chi connectivity index (χ4v) is 7.55. The topological polar surface area (TPSA) is 79.0 Å². The van der Waals surface area contributed by atoms with Crippen LogP contribution >= 0.6 is 11.6 Å². The fraction of sp³-hybridized carbons (Fsp3) is 0.591. The van der Waals surface area contributed by atoms with Crippen molar-refractivity contribution in [3.63, 3.8) is 0 Å². The van der Waals surface area contributed by atoms with Crippen molar-refractivity contribution in [1.82, 2.24) is 9.21 Å². The van der Waals surface area contributed by atoms with Gasteiger partial charge in [-0.25, -0.2) is 8.42 Å². The van der Waals surface area contributed by atoms with Crippen molar-refractivity contribution in [2.75, 3.05) is 26.7 Å². The van der Waals surface area contributed by atoms with Gasteiger partial charge >= 0.3 is 0 Å². The lowest BCUT2D eigenvalue weighted by atomic mass is 9.81. The molecule has 2 N–H and O–H groups in total. The number of nitrogens with zero attached hydrogens (tertiary/aromatic N) is 3. The number of fused-ring (bicyclic) bond motifs is 2. The minimum atomic E-state index is -3.56. The highest BCUT2D eigenvalue weighted by Crippen LogP contribution is 2.51. The fourth-order valence-electron chi connectivity index (χ4n) is 5.41. The summed E-state index contributed by atoms with van der Waals surface area (Å²) in [6.45, 7) is 1.32. The largest absolute Gasteiger partial charge is 0.345 e. The molecule has 1 spiro atoms. The minimum absolute atomic E-state index is 0.310. The Kier molecular flexibility index (Phi) is 5.01. The van der Waals surface area contributed by atoms with Crippen molar-refractivity contribution in [3.05, 3.63) is 46.7 Å². The number of hydrogen-bond donors (Lipinski definition) is 1. The first-order chi connectivity index (χ1) is 14.4. The summed E-state index contributed by atoms with van der Waals surface area (Å²) in [4.78, 5) is 7.85. The summed E-state index contributed by atoms with van der Waals surface area (Å²) in [5, 5.41) is -0.494. The van der Waals surface area contributed by atoms with Gasteiger partial charge < -0.3 is 10.6 Å². The van der Waals surface area contributed by atoms with Gasteiger partial charge in [-0.1, -0.05) is 18.2 Å². The maximum atomic E-state index is 13.2. The monoisotopic (exact) mass is 448 g/mol. The van der Waals surface area contributed by atoms with Crippen LogP contribution in [-0.2, 0) is 10.0 Å². The summed E-state index contributed by atoms with van der Waals surface area (Å²) in [5.74, 6) is 1.44. The van der Waals surface area contributed by atoms with Crippen LogP contribution in [0.2, 0.25) is 0 Å². The zero-order valence-corrected chi connectivity index (χ0v) is 18.9. The van der Waals surface area contributed by atoms with Crippen molar-refractivity contribution in [2.24, 2.45) is 22.6 Å². The summed E-state index contributed by atoms with van der Waals surface area (Å²) in [5.41, 5.74) is 9.05. The van der Waals surface area contributed by atoms with Gasteiger partial charge in [0.25, 0.3) is 0 Å². The van der Waals surface area contributed by atoms with Gasteiger partial charge in [0.2, 0.25) is 10.0 Å². The van der Waals surface area contributed by atoms with Gasteiger partial charge in [-0.15, -0.1) is 11.6 Å². The Balaban J connectivity index is 1.44. The SMILES string of the molecule is CN1C2=CC3CC3CC2=NC2(CCN(S(=O)(=O)C3=CC=CCC3Cl)CC2)C1=CCN. The standard InChI is InChI=1S/C22H29ClN4O2S/c1-26-19-14-16-12-15(16)13-18(19)25-22(21(26)6-9-24)7-10-27(11-8-22)30(28,29)20-5-3-2-4-17(20)23/h2-3,5-6,14-17H,4,7-13,24H2,1H3. The molecule has 0 radical (unpaired) electrons. The predicted octanol–water partition coefficient (Wildman–Crippen LogP) is 2.75. The van der Waals surface area contributed by atoms with Crippen LogP contribution in [0.3, 0.4) is 0 Å². The molecule has 2 fully saturated rings. The van der Waals surface area contributed by atoms with E-state index in [0.717, 1.165) is 18.0 Å². The normalized spacial score (nSPS) is 34.2. The summed E-state index contributed by atoms with van der Waals surface area (Å²) in [7, 11) is -1.46. The van der Waals surface area contributed by atoms with Crippen LogP contribution < -0.4 is 5.73 Å². The van der Waals surface area contributed by atoms with E-state index < -0.39 is 20.9 Å². The molecule has 3 aliphatic carbocycles. The number of allylic oxidation sites excluding steroid dienone is 6. The van der Waals surface area contributed by atoms with Crippen molar-refractivity contribution in [3.8, 4) is 0 Å². The summed E-state index contributed by atoms with van der Waals surface area (Å²) >= 11 is 6.32. The van der Waals surface area contributed by atoms with Crippen molar-refractivity contribution in [2.45, 2.75) is 43.0 Å². The van der Waals surface area contributed by atoms with Gasteiger partial charge in [0, 0.05) is 32.4 Å². The molecule has 5 aliphatic rings. The van der Waals surface area contributed by atoms with Gasteiger partial charge in [0.05, 0.1) is 21.7 Å². The molecule has 0 aromatic heterocycles. The van der Waals surface area contributed by atoms with E-state index >= 15 is 0 Å². The molecule has 2 aliphatic heterocycles. The quantitative estimate of drug-likeness (QED) is 0.673. The summed E-state index contributed by atoms with van der Waals surface area (Å²) in [6, 6.07) is 0.